The van der Waals surface area contributed by atoms with Gasteiger partial charge in [-0.15, -0.1) is 0 Å². The summed E-state index contributed by atoms with van der Waals surface area (Å²) in [6, 6.07) is 3.87. The van der Waals surface area contributed by atoms with E-state index in [2.05, 4.69) is 27.3 Å². The van der Waals surface area contributed by atoms with Crippen molar-refractivity contribution in [1.82, 2.24) is 19.7 Å². The number of nitrogens with zero attached hydrogens (tertiary/aromatic N) is 4. The molecule has 0 spiro atoms. The van der Waals surface area contributed by atoms with E-state index < -0.39 is 0 Å². The van der Waals surface area contributed by atoms with Crippen molar-refractivity contribution in [1.29, 1.82) is 0 Å². The van der Waals surface area contributed by atoms with Gasteiger partial charge in [0, 0.05) is 30.2 Å². The van der Waals surface area contributed by atoms with Crippen molar-refractivity contribution in [2.75, 3.05) is 12.4 Å². The first-order valence-corrected chi connectivity index (χ1v) is 5.81. The van der Waals surface area contributed by atoms with Crippen LogP contribution in [-0.4, -0.2) is 32.9 Å². The number of nitrogens with one attached hydrogen (secondary N) is 1. The second-order valence-electron chi connectivity index (χ2n) is 4.15. The maximum absolute atomic E-state index is 5.11. The van der Waals surface area contributed by atoms with Crippen LogP contribution in [0.4, 0.5) is 5.95 Å². The maximum Gasteiger partial charge on any atom is 0.226 e. The summed E-state index contributed by atoms with van der Waals surface area (Å²) in [5, 5.41) is 7.39. The predicted molar refractivity (Wildman–Crippen MR) is 68.6 cm³/mol. The van der Waals surface area contributed by atoms with Gasteiger partial charge in [-0.25, -0.2) is 4.98 Å². The molecule has 0 fully saturated rings. The molecule has 0 aromatic carbocycles. The molecule has 0 aliphatic rings. The van der Waals surface area contributed by atoms with Gasteiger partial charge in [0.2, 0.25) is 11.8 Å². The minimum atomic E-state index is 0.177. The smallest absolute Gasteiger partial charge is 0.226 e. The van der Waals surface area contributed by atoms with Crippen LogP contribution in [0.5, 0.6) is 5.88 Å². The number of hydrogen-bond donors (Lipinski definition) is 1. The summed E-state index contributed by atoms with van der Waals surface area (Å²) >= 11 is 0. The first-order chi connectivity index (χ1) is 8.67. The molecule has 1 unspecified atom stereocenters. The van der Waals surface area contributed by atoms with Crippen LogP contribution in [0.3, 0.4) is 0 Å². The highest BCUT2D eigenvalue weighted by Gasteiger charge is 2.07. The van der Waals surface area contributed by atoms with E-state index in [0.717, 1.165) is 12.2 Å². The van der Waals surface area contributed by atoms with Crippen molar-refractivity contribution in [2.24, 2.45) is 0 Å². The molecular weight excluding hydrogens is 230 g/mol. The van der Waals surface area contributed by atoms with Gasteiger partial charge in [-0.2, -0.15) is 10.1 Å². The van der Waals surface area contributed by atoms with E-state index in [9.17, 15) is 0 Å². The Kier molecular flexibility index (Phi) is 3.76. The lowest BCUT2D eigenvalue weighted by molar-refractivity contribution is 0.396. The van der Waals surface area contributed by atoms with Crippen LogP contribution < -0.4 is 10.1 Å². The normalized spacial score (nSPS) is 12.2. The zero-order chi connectivity index (χ0) is 13.0. The zero-order valence-corrected chi connectivity index (χ0v) is 10.8. The molecule has 0 saturated carbocycles. The van der Waals surface area contributed by atoms with Crippen molar-refractivity contribution >= 4 is 5.95 Å². The topological polar surface area (TPSA) is 64.9 Å². The SMILES string of the molecule is COc1cc(C)nc(NC(C)Cn2cccn2)n1. The Hall–Kier alpha value is -2.11. The number of hydrogen-bond acceptors (Lipinski definition) is 5. The first kappa shape index (κ1) is 12.3. The third-order valence-electron chi connectivity index (χ3n) is 2.44. The lowest BCUT2D eigenvalue weighted by Gasteiger charge is -2.14. The van der Waals surface area contributed by atoms with Crippen molar-refractivity contribution in [3.05, 3.63) is 30.2 Å². The van der Waals surface area contributed by atoms with E-state index in [4.69, 9.17) is 4.74 Å². The van der Waals surface area contributed by atoms with E-state index in [1.165, 1.54) is 0 Å². The van der Waals surface area contributed by atoms with Crippen LogP contribution >= 0.6 is 0 Å². The first-order valence-electron chi connectivity index (χ1n) is 5.81. The van der Waals surface area contributed by atoms with Crippen molar-refractivity contribution in [3.63, 3.8) is 0 Å². The Labute approximate surface area is 106 Å². The van der Waals surface area contributed by atoms with Gasteiger partial charge in [-0.1, -0.05) is 0 Å². The highest BCUT2D eigenvalue weighted by molar-refractivity contribution is 5.31. The minimum Gasteiger partial charge on any atom is -0.481 e. The molecule has 0 aliphatic carbocycles. The second-order valence-corrected chi connectivity index (χ2v) is 4.15. The molecule has 2 heterocycles. The second kappa shape index (κ2) is 5.48. The van der Waals surface area contributed by atoms with Gasteiger partial charge in [0.15, 0.2) is 0 Å². The summed E-state index contributed by atoms with van der Waals surface area (Å²) in [6.45, 7) is 4.72. The van der Waals surface area contributed by atoms with E-state index in [0.29, 0.717) is 11.8 Å². The molecule has 96 valence electrons. The Morgan fingerprint density at radius 2 is 2.28 bits per heavy atom. The number of rotatable bonds is 5. The van der Waals surface area contributed by atoms with Gasteiger partial charge in [-0.3, -0.25) is 4.68 Å². The molecule has 2 aromatic rings. The largest absolute Gasteiger partial charge is 0.481 e. The predicted octanol–water partition coefficient (Wildman–Crippen LogP) is 1.49. The fourth-order valence-corrected chi connectivity index (χ4v) is 1.66. The molecule has 0 aliphatic heterocycles. The number of ether oxygens (including phenoxy) is 1. The van der Waals surface area contributed by atoms with Gasteiger partial charge in [0.1, 0.15) is 0 Å². The molecule has 6 nitrogen and oxygen atoms in total. The summed E-state index contributed by atoms with van der Waals surface area (Å²) in [4.78, 5) is 8.57. The van der Waals surface area contributed by atoms with Gasteiger partial charge in [0.25, 0.3) is 0 Å². The summed E-state index contributed by atoms with van der Waals surface area (Å²) in [6.07, 6.45) is 3.69. The molecule has 0 bridgehead atoms. The Morgan fingerprint density at radius 1 is 1.44 bits per heavy atom. The minimum absolute atomic E-state index is 0.177. The summed E-state index contributed by atoms with van der Waals surface area (Å²) in [5.74, 6) is 1.14. The molecule has 6 heteroatoms. The average molecular weight is 247 g/mol. The van der Waals surface area contributed by atoms with Gasteiger partial charge < -0.3 is 10.1 Å². The molecule has 1 atom stereocenters. The van der Waals surface area contributed by atoms with Gasteiger partial charge in [0.05, 0.1) is 13.7 Å². The third kappa shape index (κ3) is 3.19. The zero-order valence-electron chi connectivity index (χ0n) is 10.8. The van der Waals surface area contributed by atoms with Crippen LogP contribution in [0.2, 0.25) is 0 Å². The van der Waals surface area contributed by atoms with Crippen molar-refractivity contribution in [3.8, 4) is 5.88 Å². The van der Waals surface area contributed by atoms with E-state index in [-0.39, 0.29) is 6.04 Å². The monoisotopic (exact) mass is 247 g/mol. The van der Waals surface area contributed by atoms with Gasteiger partial charge in [-0.05, 0) is 19.9 Å². The van der Waals surface area contributed by atoms with Crippen LogP contribution in [-0.2, 0) is 6.54 Å². The van der Waals surface area contributed by atoms with Crippen LogP contribution in [0.25, 0.3) is 0 Å². The van der Waals surface area contributed by atoms with Crippen molar-refractivity contribution < 1.29 is 4.74 Å². The fraction of sp³-hybridized carbons (Fsp3) is 0.417. The molecule has 0 amide bonds. The summed E-state index contributed by atoms with van der Waals surface area (Å²) in [5.41, 5.74) is 0.871. The van der Waals surface area contributed by atoms with Gasteiger partial charge >= 0.3 is 0 Å². The van der Waals surface area contributed by atoms with E-state index >= 15 is 0 Å². The summed E-state index contributed by atoms with van der Waals surface area (Å²) < 4.78 is 6.98. The van der Waals surface area contributed by atoms with Crippen LogP contribution in [0, 0.1) is 6.92 Å². The third-order valence-corrected chi connectivity index (χ3v) is 2.44. The number of aryl methyl sites for hydroxylation is 1. The molecular formula is C12H17N5O. The summed E-state index contributed by atoms with van der Waals surface area (Å²) in [7, 11) is 1.60. The maximum atomic E-state index is 5.11. The molecule has 1 N–H and O–H groups in total. The molecule has 2 rings (SSSR count). The highest BCUT2D eigenvalue weighted by Crippen LogP contribution is 2.12. The number of anilines is 1. The lowest BCUT2D eigenvalue weighted by Crippen LogP contribution is -2.23. The highest BCUT2D eigenvalue weighted by atomic mass is 16.5. The van der Waals surface area contributed by atoms with Crippen LogP contribution in [0.1, 0.15) is 12.6 Å². The fourth-order valence-electron chi connectivity index (χ4n) is 1.66. The van der Waals surface area contributed by atoms with E-state index in [1.54, 1.807) is 19.4 Å². The lowest BCUT2D eigenvalue weighted by atomic mass is 10.3. The standard InChI is InChI=1S/C12H17N5O/c1-9-7-11(18-3)16-12(14-9)15-10(2)8-17-6-4-5-13-17/h4-7,10H,8H2,1-3H3,(H,14,15,16). The Bertz CT molecular complexity index is 497. The molecule has 0 radical (unpaired) electrons. The molecule has 0 saturated heterocycles. The number of aromatic nitrogens is 4. The number of methoxy groups -OCH3 is 1. The average Bonchev–Trinajstić information content (AvgIpc) is 2.80. The molecule has 2 aromatic heterocycles. The Morgan fingerprint density at radius 3 is 2.94 bits per heavy atom. The molecule has 18 heavy (non-hydrogen) atoms. The Balaban J connectivity index is 2.02. The van der Waals surface area contributed by atoms with Crippen LogP contribution in [0.15, 0.2) is 24.5 Å². The quantitative estimate of drug-likeness (QED) is 0.867. The van der Waals surface area contributed by atoms with Crippen molar-refractivity contribution in [2.45, 2.75) is 26.4 Å². The van der Waals surface area contributed by atoms with E-state index in [1.807, 2.05) is 23.9 Å².